The molecule has 0 aliphatic rings. The number of rotatable bonds is 7. The Morgan fingerprint density at radius 2 is 1.74 bits per heavy atom. The molecule has 31 heavy (non-hydrogen) atoms. The van der Waals surface area contributed by atoms with Crippen LogP contribution < -0.4 is 14.3 Å². The van der Waals surface area contributed by atoms with Gasteiger partial charge in [-0.3, -0.25) is 4.79 Å². The van der Waals surface area contributed by atoms with Crippen LogP contribution in [0, 0.1) is 6.92 Å². The number of amides is 1. The van der Waals surface area contributed by atoms with Crippen molar-refractivity contribution in [2.24, 2.45) is 5.10 Å². The third-order valence-electron chi connectivity index (χ3n) is 4.20. The van der Waals surface area contributed by atoms with Gasteiger partial charge in [0.1, 0.15) is 10.6 Å². The van der Waals surface area contributed by atoms with Gasteiger partial charge in [0, 0.05) is 10.0 Å². The number of hydrazone groups is 1. The Bertz CT molecular complexity index is 1220. The quantitative estimate of drug-likeness (QED) is 0.295. The summed E-state index contributed by atoms with van der Waals surface area (Å²) in [6.07, 6.45) is 1.31. The van der Waals surface area contributed by atoms with Gasteiger partial charge in [0.05, 0.1) is 18.9 Å². The fraction of sp³-hybridized carbons (Fsp3) is 0.0909. The maximum atomic E-state index is 12.6. The fourth-order valence-electron chi connectivity index (χ4n) is 2.61. The zero-order chi connectivity index (χ0) is 22.4. The molecule has 0 unspecified atom stereocenters. The highest BCUT2D eigenvalue weighted by atomic mass is 79.9. The van der Waals surface area contributed by atoms with Crippen molar-refractivity contribution in [2.75, 3.05) is 7.11 Å². The standard InChI is InChI=1S/C22H19BrN2O5S/c1-15-7-10-18(11-8-15)31(27,28)30-20-6-4-3-5-16(20)14-24-25-22(26)19-13-17(23)9-12-21(19)29-2/h3-14H,1-2H3,(H,25,26)/b24-14+. The Hall–Kier alpha value is -3.17. The van der Waals surface area contributed by atoms with Gasteiger partial charge in [-0.05, 0) is 49.4 Å². The van der Waals surface area contributed by atoms with E-state index in [1.807, 2.05) is 6.92 Å². The van der Waals surface area contributed by atoms with Crippen LogP contribution in [0.3, 0.4) is 0 Å². The van der Waals surface area contributed by atoms with Gasteiger partial charge in [-0.1, -0.05) is 45.8 Å². The summed E-state index contributed by atoms with van der Waals surface area (Å²) in [7, 11) is -2.56. The minimum absolute atomic E-state index is 0.0416. The zero-order valence-corrected chi connectivity index (χ0v) is 19.1. The van der Waals surface area contributed by atoms with E-state index < -0.39 is 16.0 Å². The lowest BCUT2D eigenvalue weighted by atomic mass is 10.2. The van der Waals surface area contributed by atoms with Gasteiger partial charge in [-0.25, -0.2) is 5.43 Å². The molecular weight excluding hydrogens is 484 g/mol. The van der Waals surface area contributed by atoms with Gasteiger partial charge in [-0.15, -0.1) is 0 Å². The summed E-state index contributed by atoms with van der Waals surface area (Å²) in [5.74, 6) is -0.00925. The van der Waals surface area contributed by atoms with Crippen LogP contribution in [0.4, 0.5) is 0 Å². The third-order valence-corrected chi connectivity index (χ3v) is 5.95. The maximum Gasteiger partial charge on any atom is 0.339 e. The maximum absolute atomic E-state index is 12.6. The summed E-state index contributed by atoms with van der Waals surface area (Å²) < 4.78 is 36.4. The predicted molar refractivity (Wildman–Crippen MR) is 121 cm³/mol. The molecule has 1 N–H and O–H groups in total. The summed E-state index contributed by atoms with van der Waals surface area (Å²) in [6, 6.07) is 17.8. The minimum Gasteiger partial charge on any atom is -0.496 e. The van der Waals surface area contributed by atoms with Gasteiger partial charge in [0.25, 0.3) is 5.91 Å². The first-order chi connectivity index (χ1) is 14.8. The number of ether oxygens (including phenoxy) is 1. The minimum atomic E-state index is -4.02. The van der Waals surface area contributed by atoms with Gasteiger partial charge in [0.15, 0.2) is 5.75 Å². The topological polar surface area (TPSA) is 94.1 Å². The molecule has 0 aromatic heterocycles. The van der Waals surface area contributed by atoms with Crippen molar-refractivity contribution in [3.8, 4) is 11.5 Å². The number of nitrogens with one attached hydrogen (secondary N) is 1. The number of halogens is 1. The van der Waals surface area contributed by atoms with Crippen LogP contribution in [0.1, 0.15) is 21.5 Å². The van der Waals surface area contributed by atoms with Crippen molar-refractivity contribution in [3.05, 3.63) is 87.9 Å². The van der Waals surface area contributed by atoms with Crippen LogP contribution in [0.25, 0.3) is 0 Å². The Labute approximate surface area is 189 Å². The van der Waals surface area contributed by atoms with E-state index in [0.29, 0.717) is 21.3 Å². The highest BCUT2D eigenvalue weighted by Gasteiger charge is 2.18. The van der Waals surface area contributed by atoms with Crippen molar-refractivity contribution in [1.82, 2.24) is 5.43 Å². The first kappa shape index (κ1) is 22.5. The molecule has 3 rings (SSSR count). The van der Waals surface area contributed by atoms with E-state index in [1.54, 1.807) is 48.5 Å². The summed E-state index contributed by atoms with van der Waals surface area (Å²) in [5.41, 5.74) is 4.00. The molecule has 3 aromatic rings. The summed E-state index contributed by atoms with van der Waals surface area (Å²) >= 11 is 3.31. The van der Waals surface area contributed by atoms with E-state index in [0.717, 1.165) is 5.56 Å². The van der Waals surface area contributed by atoms with Crippen molar-refractivity contribution in [2.45, 2.75) is 11.8 Å². The number of hydrogen-bond acceptors (Lipinski definition) is 6. The number of para-hydroxylation sites is 1. The molecule has 7 nitrogen and oxygen atoms in total. The van der Waals surface area contributed by atoms with E-state index in [2.05, 4.69) is 26.5 Å². The lowest BCUT2D eigenvalue weighted by Gasteiger charge is -2.10. The number of carbonyl (C=O) groups is 1. The molecule has 0 radical (unpaired) electrons. The predicted octanol–water partition coefficient (Wildman–Crippen LogP) is 4.30. The number of methoxy groups -OCH3 is 1. The fourth-order valence-corrected chi connectivity index (χ4v) is 3.93. The molecule has 0 bridgehead atoms. The molecule has 0 aliphatic heterocycles. The molecule has 0 fully saturated rings. The molecule has 3 aromatic carbocycles. The first-order valence-corrected chi connectivity index (χ1v) is 11.3. The molecule has 0 heterocycles. The molecule has 0 saturated carbocycles. The second kappa shape index (κ2) is 9.76. The van der Waals surface area contributed by atoms with Crippen molar-refractivity contribution in [3.63, 3.8) is 0 Å². The van der Waals surface area contributed by atoms with Crippen LogP contribution in [0.15, 0.2) is 81.2 Å². The summed E-state index contributed by atoms with van der Waals surface area (Å²) in [4.78, 5) is 12.5. The Balaban J connectivity index is 1.78. The smallest absolute Gasteiger partial charge is 0.339 e. The summed E-state index contributed by atoms with van der Waals surface area (Å²) in [6.45, 7) is 1.86. The van der Waals surface area contributed by atoms with Crippen LogP contribution in [0.5, 0.6) is 11.5 Å². The summed E-state index contributed by atoms with van der Waals surface area (Å²) in [5, 5.41) is 3.93. The molecule has 0 aliphatic carbocycles. The second-order valence-corrected chi connectivity index (χ2v) is 8.89. The van der Waals surface area contributed by atoms with E-state index >= 15 is 0 Å². The second-order valence-electron chi connectivity index (χ2n) is 6.43. The lowest BCUT2D eigenvalue weighted by Crippen LogP contribution is -2.18. The molecule has 1 amide bonds. The highest BCUT2D eigenvalue weighted by Crippen LogP contribution is 2.24. The Morgan fingerprint density at radius 3 is 2.45 bits per heavy atom. The highest BCUT2D eigenvalue weighted by molar-refractivity contribution is 9.10. The zero-order valence-electron chi connectivity index (χ0n) is 16.7. The molecule has 0 atom stereocenters. The monoisotopic (exact) mass is 502 g/mol. The molecule has 9 heteroatoms. The number of hydrogen-bond donors (Lipinski definition) is 1. The molecule has 0 spiro atoms. The van der Waals surface area contributed by atoms with Gasteiger partial charge >= 0.3 is 10.1 Å². The Kier molecular flexibility index (Phi) is 7.09. The van der Waals surface area contributed by atoms with Crippen LogP contribution in [-0.2, 0) is 10.1 Å². The number of carbonyl (C=O) groups excluding carboxylic acids is 1. The van der Waals surface area contributed by atoms with Crippen LogP contribution in [-0.4, -0.2) is 27.6 Å². The van der Waals surface area contributed by atoms with Gasteiger partial charge < -0.3 is 8.92 Å². The van der Waals surface area contributed by atoms with Crippen LogP contribution >= 0.6 is 15.9 Å². The first-order valence-electron chi connectivity index (χ1n) is 9.07. The van der Waals surface area contributed by atoms with Crippen molar-refractivity contribution >= 4 is 38.2 Å². The van der Waals surface area contributed by atoms with E-state index in [4.69, 9.17) is 8.92 Å². The van der Waals surface area contributed by atoms with Crippen molar-refractivity contribution in [1.29, 1.82) is 0 Å². The Morgan fingerprint density at radius 1 is 1.03 bits per heavy atom. The molecule has 160 valence electrons. The number of benzene rings is 3. The molecule has 0 saturated heterocycles. The number of aryl methyl sites for hydroxylation is 1. The van der Waals surface area contributed by atoms with Crippen molar-refractivity contribution < 1.29 is 22.1 Å². The normalized spacial score (nSPS) is 11.3. The van der Waals surface area contributed by atoms with Crippen LogP contribution in [0.2, 0.25) is 0 Å². The van der Waals surface area contributed by atoms with E-state index in [9.17, 15) is 13.2 Å². The third kappa shape index (κ3) is 5.71. The lowest BCUT2D eigenvalue weighted by molar-refractivity contribution is 0.0952. The molecular formula is C22H19BrN2O5S. The van der Waals surface area contributed by atoms with E-state index in [1.165, 1.54) is 31.5 Å². The largest absolute Gasteiger partial charge is 0.496 e. The van der Waals surface area contributed by atoms with E-state index in [-0.39, 0.29) is 10.6 Å². The SMILES string of the molecule is COc1ccc(Br)cc1C(=O)N/N=C/c1ccccc1OS(=O)(=O)c1ccc(C)cc1. The number of nitrogens with zero attached hydrogens (tertiary/aromatic N) is 1. The van der Waals surface area contributed by atoms with Gasteiger partial charge in [-0.2, -0.15) is 13.5 Å². The average Bonchev–Trinajstić information content (AvgIpc) is 2.75. The van der Waals surface area contributed by atoms with Gasteiger partial charge in [0.2, 0.25) is 0 Å². The average molecular weight is 503 g/mol.